The molecule has 5 nitrogen and oxygen atoms in total. The van der Waals surface area contributed by atoms with E-state index in [2.05, 4.69) is 15.1 Å². The number of pyridine rings is 1. The van der Waals surface area contributed by atoms with Crippen LogP contribution in [0.1, 0.15) is 11.4 Å². The van der Waals surface area contributed by atoms with Crippen LogP contribution in [0.4, 0.5) is 5.69 Å². The summed E-state index contributed by atoms with van der Waals surface area (Å²) in [4.78, 5) is 8.32. The van der Waals surface area contributed by atoms with Crippen LogP contribution < -0.4 is 5.73 Å². The van der Waals surface area contributed by atoms with Crippen molar-refractivity contribution in [3.63, 3.8) is 0 Å². The molecule has 3 rings (SSSR count). The summed E-state index contributed by atoms with van der Waals surface area (Å²) in [5.74, 6) is 1.04. The van der Waals surface area contributed by atoms with E-state index in [0.29, 0.717) is 28.8 Å². The first-order chi connectivity index (χ1) is 9.72. The summed E-state index contributed by atoms with van der Waals surface area (Å²) in [6.45, 7) is 0. The zero-order valence-corrected chi connectivity index (χ0v) is 11.2. The Balaban J connectivity index is 1.84. The van der Waals surface area contributed by atoms with Gasteiger partial charge in [-0.1, -0.05) is 16.8 Å². The van der Waals surface area contributed by atoms with Crippen molar-refractivity contribution in [1.82, 2.24) is 15.1 Å². The molecule has 0 aliphatic heterocycles. The van der Waals surface area contributed by atoms with E-state index in [9.17, 15) is 0 Å². The number of nitrogen functional groups attached to an aromatic ring is 1. The zero-order chi connectivity index (χ0) is 13.9. The van der Waals surface area contributed by atoms with Crippen LogP contribution in [-0.2, 0) is 6.42 Å². The van der Waals surface area contributed by atoms with Crippen LogP contribution in [-0.4, -0.2) is 15.1 Å². The molecule has 0 saturated carbocycles. The number of nitrogens with two attached hydrogens (primary N) is 1. The number of hydrogen-bond acceptors (Lipinski definition) is 5. The first-order valence-electron chi connectivity index (χ1n) is 5.99. The highest BCUT2D eigenvalue weighted by atomic mass is 35.5. The van der Waals surface area contributed by atoms with Crippen molar-refractivity contribution in [2.24, 2.45) is 0 Å². The van der Waals surface area contributed by atoms with E-state index in [-0.39, 0.29) is 0 Å². The monoisotopic (exact) mass is 286 g/mol. The second kappa shape index (κ2) is 5.30. The summed E-state index contributed by atoms with van der Waals surface area (Å²) in [5, 5.41) is 4.46. The van der Waals surface area contributed by atoms with Gasteiger partial charge in [-0.05, 0) is 35.9 Å². The first kappa shape index (κ1) is 12.6. The molecule has 0 aliphatic carbocycles. The van der Waals surface area contributed by atoms with Gasteiger partial charge in [-0.25, -0.2) is 0 Å². The summed E-state index contributed by atoms with van der Waals surface area (Å²) < 4.78 is 5.24. The normalized spacial score (nSPS) is 10.7. The van der Waals surface area contributed by atoms with Crippen molar-refractivity contribution in [3.8, 4) is 11.5 Å². The molecule has 2 heterocycles. The van der Waals surface area contributed by atoms with Crippen molar-refractivity contribution in [2.75, 3.05) is 5.73 Å². The second-order valence-corrected chi connectivity index (χ2v) is 4.69. The predicted octanol–water partition coefficient (Wildman–Crippen LogP) is 2.96. The van der Waals surface area contributed by atoms with Gasteiger partial charge in [0.1, 0.15) is 0 Å². The molecule has 0 saturated heterocycles. The van der Waals surface area contributed by atoms with Gasteiger partial charge in [0, 0.05) is 24.4 Å². The maximum Gasteiger partial charge on any atom is 0.258 e. The minimum atomic E-state index is 0.428. The maximum atomic E-state index is 5.88. The van der Waals surface area contributed by atoms with Gasteiger partial charge in [-0.2, -0.15) is 4.98 Å². The van der Waals surface area contributed by atoms with E-state index >= 15 is 0 Å². The van der Waals surface area contributed by atoms with Crippen LogP contribution in [0, 0.1) is 0 Å². The summed E-state index contributed by atoms with van der Waals surface area (Å²) in [6.07, 6.45) is 4.06. The number of rotatable bonds is 3. The van der Waals surface area contributed by atoms with Crippen molar-refractivity contribution in [1.29, 1.82) is 0 Å². The van der Waals surface area contributed by atoms with Gasteiger partial charge >= 0.3 is 0 Å². The molecule has 0 unspecified atom stereocenters. The Morgan fingerprint density at radius 2 is 1.95 bits per heavy atom. The molecular weight excluding hydrogens is 276 g/mol. The minimum Gasteiger partial charge on any atom is -0.398 e. The first-order valence-corrected chi connectivity index (χ1v) is 6.37. The molecule has 0 spiro atoms. The average Bonchev–Trinajstić information content (AvgIpc) is 2.91. The highest BCUT2D eigenvalue weighted by Gasteiger charge is 2.10. The van der Waals surface area contributed by atoms with E-state index in [0.717, 1.165) is 11.1 Å². The number of anilines is 1. The third-order valence-corrected chi connectivity index (χ3v) is 3.17. The number of hydrogen-bond donors (Lipinski definition) is 1. The van der Waals surface area contributed by atoms with Crippen molar-refractivity contribution < 1.29 is 4.52 Å². The Hall–Kier alpha value is -2.40. The molecule has 0 atom stereocenters. The summed E-state index contributed by atoms with van der Waals surface area (Å²) in [5.41, 5.74) is 8.07. The van der Waals surface area contributed by atoms with Crippen LogP contribution in [0.5, 0.6) is 0 Å². The van der Waals surface area contributed by atoms with Gasteiger partial charge in [0.15, 0.2) is 5.82 Å². The Labute approximate surface area is 120 Å². The summed E-state index contributed by atoms with van der Waals surface area (Å²) >= 11 is 5.88. The molecule has 6 heteroatoms. The molecule has 1 aromatic carbocycles. The average molecular weight is 287 g/mol. The standard InChI is InChI=1S/C14H11ClN4O/c15-11-2-1-10(8-12(11)16)14-18-13(19-20-14)7-9-3-5-17-6-4-9/h1-6,8H,7,16H2. The van der Waals surface area contributed by atoms with Crippen LogP contribution in [0.15, 0.2) is 47.2 Å². The fourth-order valence-corrected chi connectivity index (χ4v) is 1.92. The van der Waals surface area contributed by atoms with Gasteiger partial charge in [0.2, 0.25) is 0 Å². The molecule has 2 aromatic heterocycles. The molecule has 20 heavy (non-hydrogen) atoms. The largest absolute Gasteiger partial charge is 0.398 e. The molecule has 100 valence electrons. The Morgan fingerprint density at radius 1 is 1.15 bits per heavy atom. The topological polar surface area (TPSA) is 77.8 Å². The molecular formula is C14H11ClN4O. The van der Waals surface area contributed by atoms with E-state index < -0.39 is 0 Å². The lowest BCUT2D eigenvalue weighted by Crippen LogP contribution is -1.91. The highest BCUT2D eigenvalue weighted by molar-refractivity contribution is 6.33. The molecule has 0 bridgehead atoms. The summed E-state index contributed by atoms with van der Waals surface area (Å²) in [7, 11) is 0. The Bertz CT molecular complexity index is 727. The molecule has 0 radical (unpaired) electrons. The second-order valence-electron chi connectivity index (χ2n) is 4.28. The molecule has 0 fully saturated rings. The maximum absolute atomic E-state index is 5.88. The summed E-state index contributed by atoms with van der Waals surface area (Å²) in [6, 6.07) is 9.04. The van der Waals surface area contributed by atoms with Gasteiger partial charge < -0.3 is 10.3 Å². The van der Waals surface area contributed by atoms with Crippen molar-refractivity contribution >= 4 is 17.3 Å². The van der Waals surface area contributed by atoms with E-state index in [1.807, 2.05) is 12.1 Å². The third kappa shape index (κ3) is 2.62. The lowest BCUT2D eigenvalue weighted by Gasteiger charge is -1.98. The minimum absolute atomic E-state index is 0.428. The van der Waals surface area contributed by atoms with Crippen LogP contribution in [0.3, 0.4) is 0 Å². The van der Waals surface area contributed by atoms with Gasteiger partial charge in [-0.15, -0.1) is 0 Å². The van der Waals surface area contributed by atoms with E-state index in [4.69, 9.17) is 21.9 Å². The van der Waals surface area contributed by atoms with E-state index in [1.54, 1.807) is 30.6 Å². The number of benzene rings is 1. The smallest absolute Gasteiger partial charge is 0.258 e. The Kier molecular flexibility index (Phi) is 3.35. The highest BCUT2D eigenvalue weighted by Crippen LogP contribution is 2.25. The number of halogens is 1. The predicted molar refractivity (Wildman–Crippen MR) is 76.2 cm³/mol. The quantitative estimate of drug-likeness (QED) is 0.749. The molecule has 2 N–H and O–H groups in total. The van der Waals surface area contributed by atoms with Gasteiger partial charge in [0.25, 0.3) is 5.89 Å². The van der Waals surface area contributed by atoms with Crippen LogP contribution in [0.25, 0.3) is 11.5 Å². The Morgan fingerprint density at radius 3 is 2.70 bits per heavy atom. The number of nitrogens with zero attached hydrogens (tertiary/aromatic N) is 3. The zero-order valence-electron chi connectivity index (χ0n) is 10.5. The molecule has 0 amide bonds. The van der Waals surface area contributed by atoms with Gasteiger partial charge in [0.05, 0.1) is 10.7 Å². The third-order valence-electron chi connectivity index (χ3n) is 2.82. The lowest BCUT2D eigenvalue weighted by molar-refractivity contribution is 0.424. The number of aromatic nitrogens is 3. The molecule has 3 aromatic rings. The lowest BCUT2D eigenvalue weighted by atomic mass is 10.2. The fourth-order valence-electron chi connectivity index (χ4n) is 1.80. The fraction of sp³-hybridized carbons (Fsp3) is 0.0714. The molecule has 0 aliphatic rings. The van der Waals surface area contributed by atoms with Crippen LogP contribution in [0.2, 0.25) is 5.02 Å². The van der Waals surface area contributed by atoms with E-state index in [1.165, 1.54) is 0 Å². The van der Waals surface area contributed by atoms with Crippen molar-refractivity contribution in [3.05, 3.63) is 59.1 Å². The van der Waals surface area contributed by atoms with Crippen LogP contribution >= 0.6 is 11.6 Å². The van der Waals surface area contributed by atoms with Gasteiger partial charge in [-0.3, -0.25) is 4.98 Å². The van der Waals surface area contributed by atoms with Crippen molar-refractivity contribution in [2.45, 2.75) is 6.42 Å². The SMILES string of the molecule is Nc1cc(-c2nc(Cc3ccncc3)no2)ccc1Cl.